The number of nitrogens with zero attached hydrogens (tertiary/aromatic N) is 6. The lowest BCUT2D eigenvalue weighted by atomic mass is 10.1. The number of aryl methyl sites for hydroxylation is 1. The van der Waals surface area contributed by atoms with Gasteiger partial charge in [-0.05, 0) is 74.5 Å². The van der Waals surface area contributed by atoms with Crippen molar-refractivity contribution in [1.29, 1.82) is 0 Å². The average Bonchev–Trinajstić information content (AvgIpc) is 3.63. The molecule has 6 rings (SSSR count). The van der Waals surface area contributed by atoms with E-state index < -0.39 is 0 Å². The van der Waals surface area contributed by atoms with E-state index in [-0.39, 0.29) is 11.8 Å². The van der Waals surface area contributed by atoms with Crippen LogP contribution in [-0.4, -0.2) is 48.5 Å². The highest BCUT2D eigenvalue weighted by molar-refractivity contribution is 5.93. The summed E-state index contributed by atoms with van der Waals surface area (Å²) >= 11 is 0. The van der Waals surface area contributed by atoms with Gasteiger partial charge in [0.05, 0.1) is 5.92 Å². The fourth-order valence-corrected chi connectivity index (χ4v) is 4.30. The summed E-state index contributed by atoms with van der Waals surface area (Å²) in [7, 11) is 0. The quantitative estimate of drug-likeness (QED) is 0.259. The first kappa shape index (κ1) is 23.5. The van der Waals surface area contributed by atoms with Crippen molar-refractivity contribution in [3.05, 3.63) is 78.8 Å². The number of fused-ring (bicyclic) bond motifs is 1. The van der Waals surface area contributed by atoms with Crippen molar-refractivity contribution in [2.75, 3.05) is 29.0 Å². The molecule has 1 fully saturated rings. The molecule has 4 N–H and O–H groups in total. The Balaban J connectivity index is 1.18. The van der Waals surface area contributed by atoms with Gasteiger partial charge in [0, 0.05) is 36.0 Å². The van der Waals surface area contributed by atoms with Crippen molar-refractivity contribution in [2.24, 2.45) is 5.92 Å². The van der Waals surface area contributed by atoms with Gasteiger partial charge in [0.2, 0.25) is 17.7 Å². The van der Waals surface area contributed by atoms with E-state index >= 15 is 0 Å². The van der Waals surface area contributed by atoms with Crippen LogP contribution in [0.4, 0.5) is 29.0 Å². The largest absolute Gasteiger partial charge is 0.326 e. The van der Waals surface area contributed by atoms with Gasteiger partial charge >= 0.3 is 0 Å². The molecule has 1 saturated heterocycles. The normalized spacial score (nSPS) is 14.9. The number of nitrogens with one attached hydrogen (secondary N) is 4. The first-order valence-corrected chi connectivity index (χ1v) is 12.4. The number of pyridine rings is 1. The molecule has 190 valence electrons. The molecule has 1 unspecified atom stereocenters. The van der Waals surface area contributed by atoms with Crippen LogP contribution in [0.15, 0.2) is 73.1 Å². The number of hydrogen-bond donors (Lipinski definition) is 4. The van der Waals surface area contributed by atoms with E-state index in [1.807, 2.05) is 67.7 Å². The van der Waals surface area contributed by atoms with Crippen molar-refractivity contribution >= 4 is 40.4 Å². The van der Waals surface area contributed by atoms with E-state index in [9.17, 15) is 4.79 Å². The Hall–Kier alpha value is -4.90. The molecule has 0 bridgehead atoms. The number of carbonyl (C=O) groups excluding carboxylic acids is 1. The molecule has 5 aromatic rings. The lowest BCUT2D eigenvalue weighted by Crippen LogP contribution is -2.24. The molecule has 1 aromatic carbocycles. The summed E-state index contributed by atoms with van der Waals surface area (Å²) in [5, 5.41) is 17.3. The lowest BCUT2D eigenvalue weighted by molar-refractivity contribution is -0.119. The second-order valence-corrected chi connectivity index (χ2v) is 9.06. The Morgan fingerprint density at radius 2 is 1.84 bits per heavy atom. The minimum absolute atomic E-state index is 0.0171. The van der Waals surface area contributed by atoms with Gasteiger partial charge < -0.3 is 21.3 Å². The summed E-state index contributed by atoms with van der Waals surface area (Å²) in [4.78, 5) is 30.6. The van der Waals surface area contributed by atoms with Crippen molar-refractivity contribution < 1.29 is 4.79 Å². The summed E-state index contributed by atoms with van der Waals surface area (Å²) in [5.74, 6) is 2.16. The molecule has 11 nitrogen and oxygen atoms in total. The highest BCUT2D eigenvalue weighted by Crippen LogP contribution is 2.24. The van der Waals surface area contributed by atoms with Gasteiger partial charge in [0.1, 0.15) is 17.0 Å². The van der Waals surface area contributed by atoms with E-state index in [0.717, 1.165) is 42.1 Å². The SMILES string of the molecule is Cc1cccc(-c2nc(Nc3ccnc(Nc4ccc(NC(=O)C5CCNC5)cc4)n3)c3cccn3n2)n1. The molecule has 0 aliphatic carbocycles. The first-order chi connectivity index (χ1) is 18.6. The number of rotatable bonds is 7. The van der Waals surface area contributed by atoms with E-state index in [1.54, 1.807) is 16.8 Å². The molecule has 11 heteroatoms. The third-order valence-electron chi connectivity index (χ3n) is 6.25. The first-order valence-electron chi connectivity index (χ1n) is 12.4. The number of carbonyl (C=O) groups is 1. The summed E-state index contributed by atoms with van der Waals surface area (Å²) in [5.41, 5.74) is 3.93. The van der Waals surface area contributed by atoms with Crippen LogP contribution in [0.25, 0.3) is 17.0 Å². The van der Waals surface area contributed by atoms with Crippen LogP contribution >= 0.6 is 0 Å². The fraction of sp³-hybridized carbons (Fsp3) is 0.185. The predicted octanol–water partition coefficient (Wildman–Crippen LogP) is 3.92. The van der Waals surface area contributed by atoms with Crippen LogP contribution in [0.3, 0.4) is 0 Å². The van der Waals surface area contributed by atoms with Gasteiger partial charge in [0.15, 0.2) is 5.82 Å². The zero-order chi connectivity index (χ0) is 25.9. The van der Waals surface area contributed by atoms with Crippen molar-refractivity contribution in [1.82, 2.24) is 34.9 Å². The molecule has 1 amide bonds. The Morgan fingerprint density at radius 1 is 0.974 bits per heavy atom. The molecule has 1 aliphatic rings. The summed E-state index contributed by atoms with van der Waals surface area (Å²) in [6.07, 6.45) is 4.40. The highest BCUT2D eigenvalue weighted by Gasteiger charge is 2.22. The zero-order valence-corrected chi connectivity index (χ0v) is 20.7. The number of hydrogen-bond acceptors (Lipinski definition) is 9. The van der Waals surface area contributed by atoms with Crippen molar-refractivity contribution in [3.8, 4) is 11.5 Å². The van der Waals surface area contributed by atoms with Crippen molar-refractivity contribution in [2.45, 2.75) is 13.3 Å². The predicted molar refractivity (Wildman–Crippen MR) is 146 cm³/mol. The Kier molecular flexibility index (Phi) is 6.32. The smallest absolute Gasteiger partial charge is 0.229 e. The van der Waals surface area contributed by atoms with Crippen LogP contribution in [0, 0.1) is 12.8 Å². The topological polar surface area (TPSA) is 134 Å². The van der Waals surface area contributed by atoms with E-state index in [2.05, 4.69) is 41.3 Å². The van der Waals surface area contributed by atoms with Gasteiger partial charge in [-0.3, -0.25) is 4.79 Å². The number of anilines is 5. The molecule has 0 saturated carbocycles. The molecular formula is C27H26N10O. The maximum Gasteiger partial charge on any atom is 0.229 e. The number of amides is 1. The second-order valence-electron chi connectivity index (χ2n) is 9.06. The van der Waals surface area contributed by atoms with Crippen LogP contribution in [0.1, 0.15) is 12.1 Å². The molecule has 0 radical (unpaired) electrons. The van der Waals surface area contributed by atoms with Crippen LogP contribution in [-0.2, 0) is 4.79 Å². The third-order valence-corrected chi connectivity index (χ3v) is 6.25. The van der Waals surface area contributed by atoms with Gasteiger partial charge in [-0.1, -0.05) is 6.07 Å². The average molecular weight is 507 g/mol. The van der Waals surface area contributed by atoms with Gasteiger partial charge in [-0.25, -0.2) is 19.5 Å². The molecule has 0 spiro atoms. The summed E-state index contributed by atoms with van der Waals surface area (Å²) < 4.78 is 1.76. The van der Waals surface area contributed by atoms with Crippen LogP contribution in [0.5, 0.6) is 0 Å². The monoisotopic (exact) mass is 506 g/mol. The van der Waals surface area contributed by atoms with Gasteiger partial charge in [0.25, 0.3) is 0 Å². The van der Waals surface area contributed by atoms with Crippen LogP contribution < -0.4 is 21.3 Å². The summed E-state index contributed by atoms with van der Waals surface area (Å²) in [6.45, 7) is 3.54. The Morgan fingerprint density at radius 3 is 2.66 bits per heavy atom. The molecule has 38 heavy (non-hydrogen) atoms. The Labute approximate surface area is 218 Å². The second kappa shape index (κ2) is 10.2. The summed E-state index contributed by atoms with van der Waals surface area (Å²) in [6, 6.07) is 18.8. The molecule has 1 aliphatic heterocycles. The van der Waals surface area contributed by atoms with Crippen molar-refractivity contribution in [3.63, 3.8) is 0 Å². The van der Waals surface area contributed by atoms with Gasteiger partial charge in [-0.2, -0.15) is 4.98 Å². The Bertz CT molecular complexity index is 1590. The lowest BCUT2D eigenvalue weighted by Gasteiger charge is -2.12. The van der Waals surface area contributed by atoms with Crippen LogP contribution in [0.2, 0.25) is 0 Å². The maximum absolute atomic E-state index is 12.4. The van der Waals surface area contributed by atoms with E-state index in [4.69, 9.17) is 4.98 Å². The number of aromatic nitrogens is 6. The third kappa shape index (κ3) is 5.13. The molecular weight excluding hydrogens is 480 g/mol. The minimum atomic E-state index is 0.0171. The zero-order valence-electron chi connectivity index (χ0n) is 20.7. The van der Waals surface area contributed by atoms with E-state index in [0.29, 0.717) is 29.1 Å². The molecule has 5 heterocycles. The minimum Gasteiger partial charge on any atom is -0.326 e. The highest BCUT2D eigenvalue weighted by atomic mass is 16.1. The molecule has 4 aromatic heterocycles. The standard InChI is InChI=1S/C27H26N10O/c1-17-4-2-5-21(30-17)24-35-25(22-6-3-15-37(22)36-24)33-23-12-14-29-27(34-23)32-20-9-7-19(8-10-20)31-26(38)18-11-13-28-16-18/h2-10,12,14-15,18,28H,11,13,16H2,1H3,(H,31,38)(H2,29,32,33,34,35,36). The maximum atomic E-state index is 12.4. The fourth-order valence-electron chi connectivity index (χ4n) is 4.30. The number of benzene rings is 1. The van der Waals surface area contributed by atoms with E-state index in [1.165, 1.54) is 0 Å². The molecule has 1 atom stereocenters. The van der Waals surface area contributed by atoms with Gasteiger partial charge in [-0.15, -0.1) is 5.10 Å².